The topological polar surface area (TPSA) is 72.6 Å². The standard InChI is InChI=1S/C12H20N4O2/c1-2-7-18-12-10(13)3-4-11(14-12)15-16-5-8-17-9-6-16/h3-4H,2,5-9,13H2,1H3,(H,14,15). The van der Waals surface area contributed by atoms with E-state index in [2.05, 4.69) is 15.4 Å². The number of hydrogen-bond acceptors (Lipinski definition) is 6. The lowest BCUT2D eigenvalue weighted by Gasteiger charge is -2.27. The van der Waals surface area contributed by atoms with E-state index in [4.69, 9.17) is 15.2 Å². The average molecular weight is 252 g/mol. The number of hydrazine groups is 1. The Hall–Kier alpha value is -1.53. The molecule has 1 aromatic rings. The number of nitrogen functional groups attached to an aromatic ring is 1. The molecule has 0 atom stereocenters. The molecule has 0 radical (unpaired) electrons. The molecule has 2 rings (SSSR count). The lowest BCUT2D eigenvalue weighted by molar-refractivity contribution is 0.0494. The monoisotopic (exact) mass is 252 g/mol. The first-order valence-electron chi connectivity index (χ1n) is 6.28. The molecule has 0 aliphatic carbocycles. The molecule has 6 nitrogen and oxygen atoms in total. The first-order chi connectivity index (χ1) is 8.79. The summed E-state index contributed by atoms with van der Waals surface area (Å²) in [7, 11) is 0. The maximum Gasteiger partial charge on any atom is 0.239 e. The molecule has 1 fully saturated rings. The second-order valence-electron chi connectivity index (χ2n) is 4.15. The van der Waals surface area contributed by atoms with Gasteiger partial charge in [-0.25, -0.2) is 5.01 Å². The van der Waals surface area contributed by atoms with Crippen molar-refractivity contribution in [2.45, 2.75) is 13.3 Å². The van der Waals surface area contributed by atoms with Gasteiger partial charge in [-0.05, 0) is 18.6 Å². The minimum absolute atomic E-state index is 0.495. The van der Waals surface area contributed by atoms with E-state index in [1.54, 1.807) is 6.07 Å². The number of ether oxygens (including phenoxy) is 2. The lowest BCUT2D eigenvalue weighted by Crippen LogP contribution is -2.40. The Bertz CT molecular complexity index is 380. The summed E-state index contributed by atoms with van der Waals surface area (Å²) in [5, 5.41) is 2.08. The Balaban J connectivity index is 1.99. The second kappa shape index (κ2) is 6.42. The molecular weight excluding hydrogens is 232 g/mol. The fraction of sp³-hybridized carbons (Fsp3) is 0.583. The van der Waals surface area contributed by atoms with Crippen LogP contribution in [0.25, 0.3) is 0 Å². The third kappa shape index (κ3) is 3.48. The zero-order chi connectivity index (χ0) is 12.8. The summed E-state index contributed by atoms with van der Waals surface area (Å²) in [5.74, 6) is 1.24. The van der Waals surface area contributed by atoms with Crippen LogP contribution >= 0.6 is 0 Å². The molecule has 0 saturated carbocycles. The van der Waals surface area contributed by atoms with Gasteiger partial charge >= 0.3 is 0 Å². The maximum atomic E-state index is 5.81. The van der Waals surface area contributed by atoms with E-state index in [1.165, 1.54) is 0 Å². The van der Waals surface area contributed by atoms with Gasteiger partial charge in [0.25, 0.3) is 0 Å². The molecule has 0 aromatic carbocycles. The van der Waals surface area contributed by atoms with Crippen molar-refractivity contribution in [1.29, 1.82) is 0 Å². The van der Waals surface area contributed by atoms with Crippen molar-refractivity contribution in [1.82, 2.24) is 9.99 Å². The van der Waals surface area contributed by atoms with Crippen LogP contribution in [0, 0.1) is 0 Å². The highest BCUT2D eigenvalue weighted by Gasteiger charge is 2.11. The first kappa shape index (κ1) is 12.9. The van der Waals surface area contributed by atoms with E-state index < -0.39 is 0 Å². The van der Waals surface area contributed by atoms with Crippen molar-refractivity contribution >= 4 is 11.5 Å². The predicted octanol–water partition coefficient (Wildman–Crippen LogP) is 1.11. The molecule has 18 heavy (non-hydrogen) atoms. The molecule has 6 heteroatoms. The highest BCUT2D eigenvalue weighted by molar-refractivity contribution is 5.53. The molecule has 2 heterocycles. The van der Waals surface area contributed by atoms with Gasteiger partial charge in [0.1, 0.15) is 5.82 Å². The van der Waals surface area contributed by atoms with Crippen molar-refractivity contribution in [3.8, 4) is 5.88 Å². The molecule has 1 aliphatic heterocycles. The van der Waals surface area contributed by atoms with Crippen LogP contribution in [0.15, 0.2) is 12.1 Å². The summed E-state index contributed by atoms with van der Waals surface area (Å²) in [6.07, 6.45) is 0.933. The minimum Gasteiger partial charge on any atom is -0.476 e. The number of nitrogens with two attached hydrogens (primary N) is 1. The van der Waals surface area contributed by atoms with Gasteiger partial charge < -0.3 is 20.6 Å². The minimum atomic E-state index is 0.495. The molecule has 0 amide bonds. The van der Waals surface area contributed by atoms with Crippen LogP contribution in [0.5, 0.6) is 5.88 Å². The van der Waals surface area contributed by atoms with Crippen molar-refractivity contribution in [3.05, 3.63) is 12.1 Å². The number of hydrogen-bond donors (Lipinski definition) is 2. The zero-order valence-corrected chi connectivity index (χ0v) is 10.7. The summed E-state index contributed by atoms with van der Waals surface area (Å²) in [5.41, 5.74) is 9.61. The zero-order valence-electron chi connectivity index (χ0n) is 10.7. The molecule has 1 saturated heterocycles. The smallest absolute Gasteiger partial charge is 0.239 e. The number of aromatic nitrogens is 1. The second-order valence-corrected chi connectivity index (χ2v) is 4.15. The van der Waals surface area contributed by atoms with Gasteiger partial charge in [0.05, 0.1) is 25.5 Å². The molecule has 1 aliphatic rings. The number of anilines is 2. The van der Waals surface area contributed by atoms with Crippen molar-refractivity contribution in [2.24, 2.45) is 0 Å². The predicted molar refractivity (Wildman–Crippen MR) is 70.5 cm³/mol. The van der Waals surface area contributed by atoms with Crippen molar-refractivity contribution in [3.63, 3.8) is 0 Å². The van der Waals surface area contributed by atoms with Gasteiger partial charge in [0, 0.05) is 13.1 Å². The normalized spacial score (nSPS) is 16.5. The number of nitrogens with zero attached hydrogens (tertiary/aromatic N) is 2. The Morgan fingerprint density at radius 1 is 1.44 bits per heavy atom. The summed E-state index contributed by atoms with van der Waals surface area (Å²) < 4.78 is 10.8. The number of rotatable bonds is 5. The molecule has 0 spiro atoms. The molecule has 0 unspecified atom stereocenters. The van der Waals surface area contributed by atoms with E-state index >= 15 is 0 Å². The Labute approximate surface area is 107 Å². The Morgan fingerprint density at radius 2 is 2.22 bits per heavy atom. The number of pyridine rings is 1. The van der Waals surface area contributed by atoms with Crippen molar-refractivity contribution < 1.29 is 9.47 Å². The Morgan fingerprint density at radius 3 is 2.94 bits per heavy atom. The van der Waals surface area contributed by atoms with Gasteiger partial charge in [-0.15, -0.1) is 0 Å². The van der Waals surface area contributed by atoms with E-state index in [0.717, 1.165) is 38.5 Å². The molecular formula is C12H20N4O2. The SMILES string of the molecule is CCCOc1nc(NN2CCOCC2)ccc1N. The fourth-order valence-corrected chi connectivity index (χ4v) is 1.66. The van der Waals surface area contributed by atoms with E-state index in [9.17, 15) is 0 Å². The van der Waals surface area contributed by atoms with Crippen LogP contribution in [0.1, 0.15) is 13.3 Å². The number of morpholine rings is 1. The summed E-state index contributed by atoms with van der Waals surface area (Å²) in [4.78, 5) is 4.36. The molecule has 0 bridgehead atoms. The largest absolute Gasteiger partial charge is 0.476 e. The van der Waals surface area contributed by atoms with Crippen molar-refractivity contribution in [2.75, 3.05) is 44.1 Å². The molecule has 1 aromatic heterocycles. The summed E-state index contributed by atoms with van der Waals surface area (Å²) in [6, 6.07) is 3.66. The van der Waals surface area contributed by atoms with Gasteiger partial charge in [0.15, 0.2) is 0 Å². The molecule has 3 N–H and O–H groups in total. The first-order valence-corrected chi connectivity index (χ1v) is 6.28. The number of nitrogens with one attached hydrogen (secondary N) is 1. The average Bonchev–Trinajstić information content (AvgIpc) is 2.40. The third-order valence-electron chi connectivity index (χ3n) is 2.62. The van der Waals surface area contributed by atoms with E-state index in [1.807, 2.05) is 13.0 Å². The van der Waals surface area contributed by atoms with Crippen LogP contribution in [0.4, 0.5) is 11.5 Å². The van der Waals surface area contributed by atoms with E-state index in [0.29, 0.717) is 18.2 Å². The van der Waals surface area contributed by atoms with Crippen LogP contribution in [0.3, 0.4) is 0 Å². The van der Waals surface area contributed by atoms with Gasteiger partial charge in [0.2, 0.25) is 5.88 Å². The van der Waals surface area contributed by atoms with Gasteiger partial charge in [-0.3, -0.25) is 0 Å². The third-order valence-corrected chi connectivity index (χ3v) is 2.62. The highest BCUT2D eigenvalue weighted by Crippen LogP contribution is 2.21. The Kier molecular flexibility index (Phi) is 4.60. The van der Waals surface area contributed by atoms with Crippen LogP contribution in [-0.4, -0.2) is 42.9 Å². The quantitative estimate of drug-likeness (QED) is 0.818. The highest BCUT2D eigenvalue weighted by atomic mass is 16.5. The van der Waals surface area contributed by atoms with E-state index in [-0.39, 0.29) is 0 Å². The fourth-order valence-electron chi connectivity index (χ4n) is 1.66. The van der Waals surface area contributed by atoms with Crippen LogP contribution < -0.4 is 15.9 Å². The molecule has 100 valence electrons. The maximum absolute atomic E-state index is 5.81. The van der Waals surface area contributed by atoms with Gasteiger partial charge in [-0.1, -0.05) is 6.92 Å². The summed E-state index contributed by atoms with van der Waals surface area (Å²) >= 11 is 0. The van der Waals surface area contributed by atoms with Crippen LogP contribution in [0.2, 0.25) is 0 Å². The van der Waals surface area contributed by atoms with Crippen LogP contribution in [-0.2, 0) is 4.74 Å². The lowest BCUT2D eigenvalue weighted by atomic mass is 10.4. The summed E-state index contributed by atoms with van der Waals surface area (Å²) in [6.45, 7) is 5.83. The van der Waals surface area contributed by atoms with Gasteiger partial charge in [-0.2, -0.15) is 4.98 Å².